The Kier molecular flexibility index (Phi) is 3.18. The van der Waals surface area contributed by atoms with E-state index >= 15 is 0 Å². The van der Waals surface area contributed by atoms with Gasteiger partial charge < -0.3 is 10.4 Å². The van der Waals surface area contributed by atoms with E-state index in [0.29, 0.717) is 23.6 Å². The average molecular weight is 267 g/mol. The van der Waals surface area contributed by atoms with Crippen LogP contribution in [0, 0.1) is 6.92 Å². The SMILES string of the molecule is Cc1cc(C(=O)NCC2Cc3ccccc32)ccc1O. The first-order chi connectivity index (χ1) is 9.65. The van der Waals surface area contributed by atoms with Crippen molar-refractivity contribution in [3.8, 4) is 5.75 Å². The molecule has 0 radical (unpaired) electrons. The second-order valence-corrected chi connectivity index (χ2v) is 5.31. The summed E-state index contributed by atoms with van der Waals surface area (Å²) in [7, 11) is 0. The molecule has 1 atom stereocenters. The minimum absolute atomic E-state index is 0.0857. The molecule has 0 aromatic heterocycles. The summed E-state index contributed by atoms with van der Waals surface area (Å²) in [6.07, 6.45) is 1.03. The zero-order chi connectivity index (χ0) is 14.1. The van der Waals surface area contributed by atoms with Crippen LogP contribution in [0.2, 0.25) is 0 Å². The normalized spacial score (nSPS) is 16.1. The number of carbonyl (C=O) groups is 1. The van der Waals surface area contributed by atoms with E-state index in [4.69, 9.17) is 0 Å². The molecule has 1 aliphatic rings. The first-order valence-electron chi connectivity index (χ1n) is 6.81. The third-order valence-electron chi connectivity index (χ3n) is 3.93. The molecule has 0 heterocycles. The molecule has 1 amide bonds. The first-order valence-corrected chi connectivity index (χ1v) is 6.81. The van der Waals surface area contributed by atoms with Crippen LogP contribution in [0.1, 0.15) is 33.0 Å². The summed E-state index contributed by atoms with van der Waals surface area (Å²) < 4.78 is 0. The quantitative estimate of drug-likeness (QED) is 0.898. The molecule has 2 N–H and O–H groups in total. The second kappa shape index (κ2) is 5.00. The number of amides is 1. The van der Waals surface area contributed by atoms with E-state index in [1.54, 1.807) is 25.1 Å². The Bertz CT molecular complexity index is 664. The summed E-state index contributed by atoms with van der Waals surface area (Å²) >= 11 is 0. The summed E-state index contributed by atoms with van der Waals surface area (Å²) in [6.45, 7) is 2.45. The molecule has 0 aliphatic heterocycles. The highest BCUT2D eigenvalue weighted by Crippen LogP contribution is 2.34. The fraction of sp³-hybridized carbons (Fsp3) is 0.235. The summed E-state index contributed by atoms with van der Waals surface area (Å²) in [4.78, 5) is 12.1. The number of aromatic hydroxyl groups is 1. The Labute approximate surface area is 118 Å². The van der Waals surface area contributed by atoms with Gasteiger partial charge in [0.15, 0.2) is 0 Å². The summed E-state index contributed by atoms with van der Waals surface area (Å²) in [6, 6.07) is 13.3. The number of aryl methyl sites for hydroxylation is 1. The van der Waals surface area contributed by atoms with Gasteiger partial charge in [0.05, 0.1) is 0 Å². The molecule has 2 aromatic rings. The maximum Gasteiger partial charge on any atom is 0.251 e. The Morgan fingerprint density at radius 1 is 1.30 bits per heavy atom. The molecule has 0 fully saturated rings. The minimum Gasteiger partial charge on any atom is -0.508 e. The summed E-state index contributed by atoms with van der Waals surface area (Å²) in [5, 5.41) is 12.4. The smallest absolute Gasteiger partial charge is 0.251 e. The van der Waals surface area contributed by atoms with Gasteiger partial charge in [-0.25, -0.2) is 0 Å². The number of rotatable bonds is 3. The number of nitrogens with one attached hydrogen (secondary N) is 1. The van der Waals surface area contributed by atoms with Crippen molar-refractivity contribution in [3.05, 3.63) is 64.7 Å². The number of hydrogen-bond acceptors (Lipinski definition) is 2. The lowest BCUT2D eigenvalue weighted by atomic mass is 9.77. The van der Waals surface area contributed by atoms with Gasteiger partial charge in [-0.3, -0.25) is 4.79 Å². The number of fused-ring (bicyclic) bond motifs is 1. The second-order valence-electron chi connectivity index (χ2n) is 5.31. The van der Waals surface area contributed by atoms with E-state index in [9.17, 15) is 9.90 Å². The minimum atomic E-state index is -0.0857. The van der Waals surface area contributed by atoms with Gasteiger partial charge in [0.2, 0.25) is 0 Å². The van der Waals surface area contributed by atoms with Gasteiger partial charge in [0.25, 0.3) is 5.91 Å². The van der Waals surface area contributed by atoms with Crippen molar-refractivity contribution in [2.75, 3.05) is 6.54 Å². The fourth-order valence-corrected chi connectivity index (χ4v) is 2.66. The largest absolute Gasteiger partial charge is 0.508 e. The molecule has 2 aromatic carbocycles. The average Bonchev–Trinajstić information content (AvgIpc) is 2.42. The van der Waals surface area contributed by atoms with Gasteiger partial charge in [-0.1, -0.05) is 24.3 Å². The van der Waals surface area contributed by atoms with Crippen molar-refractivity contribution < 1.29 is 9.90 Å². The van der Waals surface area contributed by atoms with Crippen molar-refractivity contribution in [2.45, 2.75) is 19.3 Å². The van der Waals surface area contributed by atoms with E-state index in [-0.39, 0.29) is 11.7 Å². The molecule has 0 saturated carbocycles. The van der Waals surface area contributed by atoms with E-state index in [1.165, 1.54) is 11.1 Å². The lowest BCUT2D eigenvalue weighted by Gasteiger charge is -2.30. The first kappa shape index (κ1) is 12.7. The van der Waals surface area contributed by atoms with Gasteiger partial charge in [-0.05, 0) is 48.2 Å². The number of phenols is 1. The number of carbonyl (C=O) groups excluding carboxylic acids is 1. The summed E-state index contributed by atoms with van der Waals surface area (Å²) in [5.41, 5.74) is 4.03. The van der Waals surface area contributed by atoms with Crippen molar-refractivity contribution >= 4 is 5.91 Å². The van der Waals surface area contributed by atoms with Crippen LogP contribution in [0.3, 0.4) is 0 Å². The van der Waals surface area contributed by atoms with Gasteiger partial charge in [-0.15, -0.1) is 0 Å². The van der Waals surface area contributed by atoms with Gasteiger partial charge in [0.1, 0.15) is 5.75 Å². The molecule has 1 aliphatic carbocycles. The summed E-state index contributed by atoms with van der Waals surface area (Å²) in [5.74, 6) is 0.556. The van der Waals surface area contributed by atoms with Gasteiger partial charge >= 0.3 is 0 Å². The fourth-order valence-electron chi connectivity index (χ4n) is 2.66. The molecule has 102 valence electrons. The third kappa shape index (κ3) is 2.27. The predicted molar refractivity (Wildman–Crippen MR) is 78.1 cm³/mol. The lowest BCUT2D eigenvalue weighted by Crippen LogP contribution is -2.33. The molecule has 3 rings (SSSR count). The maximum atomic E-state index is 12.1. The van der Waals surface area contributed by atoms with Crippen LogP contribution in [-0.4, -0.2) is 17.6 Å². The molecular weight excluding hydrogens is 250 g/mol. The van der Waals surface area contributed by atoms with Crippen LogP contribution >= 0.6 is 0 Å². The van der Waals surface area contributed by atoms with E-state index < -0.39 is 0 Å². The highest BCUT2D eigenvalue weighted by Gasteiger charge is 2.25. The molecule has 0 saturated heterocycles. The molecule has 0 spiro atoms. The predicted octanol–water partition coefficient (Wildman–Crippen LogP) is 2.77. The maximum absolute atomic E-state index is 12.1. The van der Waals surface area contributed by atoms with Crippen LogP contribution in [0.15, 0.2) is 42.5 Å². The molecule has 3 heteroatoms. The molecule has 1 unspecified atom stereocenters. The Morgan fingerprint density at radius 3 is 2.85 bits per heavy atom. The zero-order valence-electron chi connectivity index (χ0n) is 11.4. The number of benzene rings is 2. The van der Waals surface area contributed by atoms with Gasteiger partial charge in [0, 0.05) is 18.0 Å². The van der Waals surface area contributed by atoms with Crippen molar-refractivity contribution in [2.24, 2.45) is 0 Å². The number of hydrogen-bond donors (Lipinski definition) is 2. The lowest BCUT2D eigenvalue weighted by molar-refractivity contribution is 0.0950. The third-order valence-corrected chi connectivity index (χ3v) is 3.93. The van der Waals surface area contributed by atoms with E-state index in [1.807, 2.05) is 12.1 Å². The standard InChI is InChI=1S/C17H17NO2/c1-11-8-13(6-7-16(11)19)17(20)18-10-14-9-12-4-2-3-5-15(12)14/h2-8,14,19H,9-10H2,1H3,(H,18,20). The molecular formula is C17H17NO2. The number of phenolic OH excluding ortho intramolecular Hbond substituents is 1. The van der Waals surface area contributed by atoms with Crippen molar-refractivity contribution in [1.29, 1.82) is 0 Å². The Hall–Kier alpha value is -2.29. The Balaban J connectivity index is 1.62. The van der Waals surface area contributed by atoms with Crippen LogP contribution in [0.5, 0.6) is 5.75 Å². The molecule has 3 nitrogen and oxygen atoms in total. The topological polar surface area (TPSA) is 49.3 Å². The van der Waals surface area contributed by atoms with Gasteiger partial charge in [-0.2, -0.15) is 0 Å². The highest BCUT2D eigenvalue weighted by atomic mass is 16.3. The van der Waals surface area contributed by atoms with E-state index in [0.717, 1.165) is 6.42 Å². The molecule has 20 heavy (non-hydrogen) atoms. The highest BCUT2D eigenvalue weighted by molar-refractivity contribution is 5.94. The van der Waals surface area contributed by atoms with Crippen molar-refractivity contribution in [3.63, 3.8) is 0 Å². The van der Waals surface area contributed by atoms with Crippen molar-refractivity contribution in [1.82, 2.24) is 5.32 Å². The van der Waals surface area contributed by atoms with E-state index in [2.05, 4.69) is 17.4 Å². The molecule has 0 bridgehead atoms. The zero-order valence-corrected chi connectivity index (χ0v) is 11.4. The van der Waals surface area contributed by atoms with Crippen LogP contribution in [0.25, 0.3) is 0 Å². The van der Waals surface area contributed by atoms with Crippen LogP contribution < -0.4 is 5.32 Å². The van der Waals surface area contributed by atoms with Crippen LogP contribution in [0.4, 0.5) is 0 Å². The van der Waals surface area contributed by atoms with Crippen LogP contribution in [-0.2, 0) is 6.42 Å². The monoisotopic (exact) mass is 267 g/mol. The Morgan fingerprint density at radius 2 is 2.10 bits per heavy atom.